The number of nitrogens with zero attached hydrogens (tertiary/aromatic N) is 1. The second-order valence-electron chi connectivity index (χ2n) is 8.85. The molecule has 0 aliphatic heterocycles. The molecule has 0 unspecified atom stereocenters. The van der Waals surface area contributed by atoms with Gasteiger partial charge in [0.1, 0.15) is 11.5 Å². The second kappa shape index (κ2) is 10.5. The highest BCUT2D eigenvalue weighted by Crippen LogP contribution is 2.34. The standard InChI is InChI=1S/C26H26Cl3NO4/c1-14(2)24-21(30-25(33-24)18-8-7-17(27)13-19(18)28)9-10-22(32)16-6-11-23(20(29)12-16)34-26(4,5)15(3)31/h6-8,11-14H,9-10H2,1-5H3. The van der Waals surface area contributed by atoms with Crippen molar-refractivity contribution in [3.05, 3.63) is 68.5 Å². The van der Waals surface area contributed by atoms with E-state index in [4.69, 9.17) is 44.0 Å². The molecule has 1 heterocycles. The molecule has 0 saturated heterocycles. The third kappa shape index (κ3) is 6.01. The van der Waals surface area contributed by atoms with Crippen molar-refractivity contribution in [2.24, 2.45) is 0 Å². The van der Waals surface area contributed by atoms with E-state index in [-0.39, 0.29) is 28.9 Å². The highest BCUT2D eigenvalue weighted by molar-refractivity contribution is 6.36. The number of halogens is 3. The van der Waals surface area contributed by atoms with Crippen LogP contribution in [-0.4, -0.2) is 22.2 Å². The molecule has 34 heavy (non-hydrogen) atoms. The molecule has 0 saturated carbocycles. The predicted molar refractivity (Wildman–Crippen MR) is 136 cm³/mol. The summed E-state index contributed by atoms with van der Waals surface area (Å²) in [5, 5.41) is 1.23. The fourth-order valence-electron chi connectivity index (χ4n) is 3.25. The quantitative estimate of drug-likeness (QED) is 0.266. The van der Waals surface area contributed by atoms with E-state index in [1.807, 2.05) is 13.8 Å². The van der Waals surface area contributed by atoms with E-state index >= 15 is 0 Å². The van der Waals surface area contributed by atoms with E-state index < -0.39 is 5.60 Å². The van der Waals surface area contributed by atoms with Crippen LogP contribution >= 0.6 is 34.8 Å². The number of rotatable bonds is 9. The third-order valence-electron chi connectivity index (χ3n) is 5.47. The van der Waals surface area contributed by atoms with Gasteiger partial charge in [0.2, 0.25) is 5.89 Å². The van der Waals surface area contributed by atoms with Crippen LogP contribution in [0.5, 0.6) is 5.75 Å². The van der Waals surface area contributed by atoms with Crippen LogP contribution in [-0.2, 0) is 11.2 Å². The van der Waals surface area contributed by atoms with Crippen LogP contribution < -0.4 is 4.74 Å². The smallest absolute Gasteiger partial charge is 0.228 e. The van der Waals surface area contributed by atoms with Crippen LogP contribution in [0.3, 0.4) is 0 Å². The molecule has 8 heteroatoms. The van der Waals surface area contributed by atoms with Crippen molar-refractivity contribution < 1.29 is 18.7 Å². The SMILES string of the molecule is CC(=O)C(C)(C)Oc1ccc(C(=O)CCc2nc(-c3ccc(Cl)cc3Cl)oc2C(C)C)cc1Cl. The highest BCUT2D eigenvalue weighted by Gasteiger charge is 2.27. The van der Waals surface area contributed by atoms with Gasteiger partial charge in [-0.05, 0) is 57.2 Å². The fourth-order valence-corrected chi connectivity index (χ4v) is 3.96. The number of carbonyl (C=O) groups is 2. The molecule has 0 spiro atoms. The Morgan fingerprint density at radius 3 is 2.35 bits per heavy atom. The average Bonchev–Trinajstić information content (AvgIpc) is 3.17. The predicted octanol–water partition coefficient (Wildman–Crippen LogP) is 7.99. The molecule has 0 amide bonds. The molecule has 0 N–H and O–H groups in total. The van der Waals surface area contributed by atoms with Crippen LogP contribution in [0.2, 0.25) is 15.1 Å². The Balaban J connectivity index is 1.77. The van der Waals surface area contributed by atoms with Crippen molar-refractivity contribution in [1.29, 1.82) is 0 Å². The van der Waals surface area contributed by atoms with Gasteiger partial charge in [0.05, 0.1) is 21.3 Å². The van der Waals surface area contributed by atoms with Crippen molar-refractivity contribution in [2.75, 3.05) is 0 Å². The van der Waals surface area contributed by atoms with Gasteiger partial charge >= 0.3 is 0 Å². The highest BCUT2D eigenvalue weighted by atomic mass is 35.5. The molecule has 0 aliphatic carbocycles. The second-order valence-corrected chi connectivity index (χ2v) is 10.1. The lowest BCUT2D eigenvalue weighted by Gasteiger charge is -2.24. The van der Waals surface area contributed by atoms with Gasteiger partial charge in [-0.1, -0.05) is 48.7 Å². The molecule has 3 rings (SSSR count). The Bertz CT molecular complexity index is 1230. The van der Waals surface area contributed by atoms with Gasteiger partial charge in [-0.3, -0.25) is 9.59 Å². The minimum atomic E-state index is -1.01. The number of aryl methyl sites for hydroxylation is 1. The van der Waals surface area contributed by atoms with E-state index in [0.29, 0.717) is 50.7 Å². The summed E-state index contributed by atoms with van der Waals surface area (Å²) in [4.78, 5) is 29.2. The van der Waals surface area contributed by atoms with Crippen LogP contribution in [0.15, 0.2) is 40.8 Å². The summed E-state index contributed by atoms with van der Waals surface area (Å²) in [6.45, 7) is 8.79. The summed E-state index contributed by atoms with van der Waals surface area (Å²) in [6.07, 6.45) is 0.615. The normalized spacial score (nSPS) is 11.7. The molecule has 0 radical (unpaired) electrons. The van der Waals surface area contributed by atoms with E-state index in [0.717, 1.165) is 0 Å². The van der Waals surface area contributed by atoms with E-state index in [2.05, 4.69) is 4.98 Å². The average molecular weight is 523 g/mol. The van der Waals surface area contributed by atoms with Crippen LogP contribution in [0.25, 0.3) is 11.5 Å². The van der Waals surface area contributed by atoms with Gasteiger partial charge in [0, 0.05) is 29.3 Å². The lowest BCUT2D eigenvalue weighted by atomic mass is 10.0. The molecular weight excluding hydrogens is 497 g/mol. The van der Waals surface area contributed by atoms with Gasteiger partial charge < -0.3 is 9.15 Å². The maximum Gasteiger partial charge on any atom is 0.228 e. The molecule has 2 aromatic carbocycles. The summed E-state index contributed by atoms with van der Waals surface area (Å²) in [5.41, 5.74) is 0.786. The molecule has 180 valence electrons. The van der Waals surface area contributed by atoms with Crippen LogP contribution in [0.4, 0.5) is 0 Å². The number of benzene rings is 2. The summed E-state index contributed by atoms with van der Waals surface area (Å²) in [5.74, 6) is 1.31. The van der Waals surface area contributed by atoms with Crippen LogP contribution in [0, 0.1) is 0 Å². The van der Waals surface area contributed by atoms with Crippen molar-refractivity contribution in [3.63, 3.8) is 0 Å². The topological polar surface area (TPSA) is 69.4 Å². The van der Waals surface area contributed by atoms with Crippen molar-refractivity contribution in [3.8, 4) is 17.2 Å². The first kappa shape index (κ1) is 26.3. The largest absolute Gasteiger partial charge is 0.479 e. The lowest BCUT2D eigenvalue weighted by Crippen LogP contribution is -2.36. The molecule has 0 atom stereocenters. The van der Waals surface area contributed by atoms with E-state index in [9.17, 15) is 9.59 Å². The summed E-state index contributed by atoms with van der Waals surface area (Å²) in [7, 11) is 0. The van der Waals surface area contributed by atoms with Gasteiger partial charge in [-0.2, -0.15) is 0 Å². The van der Waals surface area contributed by atoms with Gasteiger partial charge in [0.15, 0.2) is 17.2 Å². The fraction of sp³-hybridized carbons (Fsp3) is 0.346. The lowest BCUT2D eigenvalue weighted by molar-refractivity contribution is -0.129. The maximum atomic E-state index is 12.9. The number of Topliss-reactive ketones (excluding diaryl/α,β-unsaturated/α-hetero) is 2. The minimum Gasteiger partial charge on any atom is -0.479 e. The number of hydrogen-bond donors (Lipinski definition) is 0. The molecule has 5 nitrogen and oxygen atoms in total. The molecule has 0 aliphatic rings. The van der Waals surface area contributed by atoms with Crippen molar-refractivity contribution in [1.82, 2.24) is 4.98 Å². The van der Waals surface area contributed by atoms with E-state index in [1.54, 1.807) is 50.2 Å². The van der Waals surface area contributed by atoms with Crippen LogP contribution in [0.1, 0.15) is 68.8 Å². The summed E-state index contributed by atoms with van der Waals surface area (Å²) in [6, 6.07) is 9.92. The van der Waals surface area contributed by atoms with Gasteiger partial charge in [0.25, 0.3) is 0 Å². The minimum absolute atomic E-state index is 0.0768. The number of hydrogen-bond acceptors (Lipinski definition) is 5. The summed E-state index contributed by atoms with van der Waals surface area (Å²) < 4.78 is 11.7. The zero-order valence-electron chi connectivity index (χ0n) is 19.7. The Morgan fingerprint density at radius 1 is 1.06 bits per heavy atom. The number of aromatic nitrogens is 1. The van der Waals surface area contributed by atoms with Gasteiger partial charge in [-0.25, -0.2) is 4.98 Å². The Labute approximate surface area is 214 Å². The Hall–Kier alpha value is -2.34. The first-order valence-electron chi connectivity index (χ1n) is 10.9. The third-order valence-corrected chi connectivity index (χ3v) is 6.31. The maximum absolute atomic E-state index is 12.9. The number of carbonyl (C=O) groups excluding carboxylic acids is 2. The first-order valence-corrected chi connectivity index (χ1v) is 12.0. The zero-order valence-corrected chi connectivity index (χ0v) is 21.9. The number of oxazole rings is 1. The molecule has 0 fully saturated rings. The zero-order chi connectivity index (χ0) is 25.2. The monoisotopic (exact) mass is 521 g/mol. The Morgan fingerprint density at radius 2 is 1.76 bits per heavy atom. The Kier molecular flexibility index (Phi) is 8.12. The molecule has 1 aromatic heterocycles. The molecule has 0 bridgehead atoms. The molecular formula is C26H26Cl3NO4. The summed E-state index contributed by atoms with van der Waals surface area (Å²) >= 11 is 18.6. The molecule has 3 aromatic rings. The van der Waals surface area contributed by atoms with Crippen molar-refractivity contribution in [2.45, 2.75) is 59.0 Å². The van der Waals surface area contributed by atoms with Gasteiger partial charge in [-0.15, -0.1) is 0 Å². The first-order chi connectivity index (χ1) is 15.9. The van der Waals surface area contributed by atoms with E-state index in [1.165, 1.54) is 6.92 Å². The number of ketones is 2. The number of ether oxygens (including phenoxy) is 1. The van der Waals surface area contributed by atoms with Crippen molar-refractivity contribution >= 4 is 46.4 Å².